The van der Waals surface area contributed by atoms with Gasteiger partial charge in [0.2, 0.25) is 5.91 Å². The third-order valence-electron chi connectivity index (χ3n) is 4.03. The number of methoxy groups -OCH3 is 1. The van der Waals surface area contributed by atoms with Crippen LogP contribution in [0.15, 0.2) is 24.3 Å². The lowest BCUT2D eigenvalue weighted by atomic mass is 10.2. The topological polar surface area (TPSA) is 44.8 Å². The summed E-state index contributed by atoms with van der Waals surface area (Å²) in [6.07, 6.45) is 0. The minimum absolute atomic E-state index is 0.0528. The number of carbonyl (C=O) groups is 1. The van der Waals surface area contributed by atoms with Gasteiger partial charge < -0.3 is 15.0 Å². The second-order valence-corrected chi connectivity index (χ2v) is 5.29. The second-order valence-electron chi connectivity index (χ2n) is 5.29. The van der Waals surface area contributed by atoms with E-state index in [1.807, 2.05) is 26.0 Å². The van der Waals surface area contributed by atoms with Crippen molar-refractivity contribution in [1.82, 2.24) is 10.2 Å². The molecule has 1 saturated heterocycles. The smallest absolute Gasteiger partial charge is 0.237 e. The maximum absolute atomic E-state index is 11.9. The van der Waals surface area contributed by atoms with Crippen molar-refractivity contribution in [3.63, 3.8) is 0 Å². The molecule has 5 heteroatoms. The maximum atomic E-state index is 11.9. The van der Waals surface area contributed by atoms with Crippen LogP contribution in [0.3, 0.4) is 0 Å². The molecule has 0 unspecified atom stereocenters. The van der Waals surface area contributed by atoms with Crippen LogP contribution >= 0.6 is 0 Å². The Morgan fingerprint density at radius 3 is 2.38 bits per heavy atom. The van der Waals surface area contributed by atoms with Crippen molar-refractivity contribution in [3.05, 3.63) is 24.3 Å². The summed E-state index contributed by atoms with van der Waals surface area (Å²) in [6.45, 7) is 8.32. The predicted octanol–water partition coefficient (Wildman–Crippen LogP) is 1.34. The summed E-state index contributed by atoms with van der Waals surface area (Å²) in [7, 11) is 1.68. The van der Waals surface area contributed by atoms with E-state index in [0.29, 0.717) is 6.54 Å². The van der Waals surface area contributed by atoms with E-state index in [4.69, 9.17) is 4.74 Å². The fourth-order valence-electron chi connectivity index (χ4n) is 2.65. The minimum atomic E-state index is -0.0528. The van der Waals surface area contributed by atoms with Crippen LogP contribution in [-0.2, 0) is 4.79 Å². The first-order valence-electron chi connectivity index (χ1n) is 7.56. The number of nitrogens with one attached hydrogen (secondary N) is 1. The van der Waals surface area contributed by atoms with E-state index in [2.05, 4.69) is 27.2 Å². The third kappa shape index (κ3) is 3.88. The molecule has 2 rings (SSSR count). The van der Waals surface area contributed by atoms with Crippen LogP contribution < -0.4 is 15.0 Å². The van der Waals surface area contributed by atoms with Crippen LogP contribution in [0.4, 0.5) is 5.69 Å². The summed E-state index contributed by atoms with van der Waals surface area (Å²) in [5.74, 6) is 0.998. The fraction of sp³-hybridized carbons (Fsp3) is 0.562. The van der Waals surface area contributed by atoms with Crippen LogP contribution in [0.25, 0.3) is 0 Å². The van der Waals surface area contributed by atoms with E-state index >= 15 is 0 Å². The van der Waals surface area contributed by atoms with Gasteiger partial charge in [0.25, 0.3) is 0 Å². The third-order valence-corrected chi connectivity index (χ3v) is 4.03. The molecule has 1 amide bonds. The minimum Gasteiger partial charge on any atom is -0.497 e. The lowest BCUT2D eigenvalue weighted by Crippen LogP contribution is -2.54. The van der Waals surface area contributed by atoms with Gasteiger partial charge in [0.15, 0.2) is 0 Å². The van der Waals surface area contributed by atoms with Crippen molar-refractivity contribution in [2.24, 2.45) is 0 Å². The number of likely N-dealkylation sites (N-methyl/N-ethyl adjacent to an activating group) is 1. The van der Waals surface area contributed by atoms with Crippen LogP contribution in [-0.4, -0.2) is 56.7 Å². The summed E-state index contributed by atoms with van der Waals surface area (Å²) >= 11 is 0. The zero-order chi connectivity index (χ0) is 15.2. The van der Waals surface area contributed by atoms with Crippen molar-refractivity contribution in [2.75, 3.05) is 44.7 Å². The highest BCUT2D eigenvalue weighted by Crippen LogP contribution is 2.20. The van der Waals surface area contributed by atoms with Crippen molar-refractivity contribution in [1.29, 1.82) is 0 Å². The van der Waals surface area contributed by atoms with Gasteiger partial charge in [-0.25, -0.2) is 0 Å². The standard InChI is InChI=1S/C16H25N3O2/c1-4-17-16(20)13(2)18-9-11-19(12-10-18)14-5-7-15(21-3)8-6-14/h5-8,13H,4,9-12H2,1-3H3,(H,17,20)/t13-/m0/s1. The zero-order valence-electron chi connectivity index (χ0n) is 13.1. The molecule has 1 aliphatic rings. The number of piperazine rings is 1. The molecular formula is C16H25N3O2. The Morgan fingerprint density at radius 2 is 1.86 bits per heavy atom. The van der Waals surface area contributed by atoms with E-state index < -0.39 is 0 Å². The quantitative estimate of drug-likeness (QED) is 0.889. The van der Waals surface area contributed by atoms with Gasteiger partial charge in [-0.2, -0.15) is 0 Å². The van der Waals surface area contributed by atoms with Gasteiger partial charge in [0.05, 0.1) is 13.2 Å². The average Bonchev–Trinajstić information content (AvgIpc) is 2.54. The molecule has 0 bridgehead atoms. The Hall–Kier alpha value is -1.75. The maximum Gasteiger partial charge on any atom is 0.237 e. The molecule has 1 fully saturated rings. The first-order chi connectivity index (χ1) is 10.2. The van der Waals surface area contributed by atoms with Crippen LogP contribution in [0, 0.1) is 0 Å². The van der Waals surface area contributed by atoms with Crippen molar-refractivity contribution < 1.29 is 9.53 Å². The Labute approximate surface area is 126 Å². The summed E-state index contributed by atoms with van der Waals surface area (Å²) in [5, 5.41) is 2.89. The Bertz CT molecular complexity index is 453. The van der Waals surface area contributed by atoms with Gasteiger partial charge in [-0.1, -0.05) is 0 Å². The molecule has 1 aliphatic heterocycles. The highest BCUT2D eigenvalue weighted by atomic mass is 16.5. The SMILES string of the molecule is CCNC(=O)[C@H](C)N1CCN(c2ccc(OC)cc2)CC1. The highest BCUT2D eigenvalue weighted by molar-refractivity contribution is 5.81. The predicted molar refractivity (Wildman–Crippen MR) is 84.9 cm³/mol. The molecule has 1 N–H and O–H groups in total. The molecule has 116 valence electrons. The molecule has 0 radical (unpaired) electrons. The van der Waals surface area contributed by atoms with E-state index in [-0.39, 0.29) is 11.9 Å². The Balaban J connectivity index is 1.88. The molecule has 1 atom stereocenters. The van der Waals surface area contributed by atoms with Crippen LogP contribution in [0.1, 0.15) is 13.8 Å². The number of nitrogens with zero attached hydrogens (tertiary/aromatic N) is 2. The molecule has 0 aliphatic carbocycles. The molecular weight excluding hydrogens is 266 g/mol. The molecule has 1 heterocycles. The van der Waals surface area contributed by atoms with E-state index in [1.54, 1.807) is 7.11 Å². The molecule has 0 aromatic heterocycles. The molecule has 1 aromatic rings. The molecule has 21 heavy (non-hydrogen) atoms. The second kappa shape index (κ2) is 7.31. The monoisotopic (exact) mass is 291 g/mol. The summed E-state index contributed by atoms with van der Waals surface area (Å²) in [4.78, 5) is 16.5. The number of benzene rings is 1. The largest absolute Gasteiger partial charge is 0.497 e. The normalized spacial score (nSPS) is 17.4. The van der Waals surface area contributed by atoms with Gasteiger partial charge in [-0.05, 0) is 38.1 Å². The van der Waals surface area contributed by atoms with Gasteiger partial charge in [0, 0.05) is 38.4 Å². The van der Waals surface area contributed by atoms with Crippen molar-refractivity contribution in [2.45, 2.75) is 19.9 Å². The van der Waals surface area contributed by atoms with Gasteiger partial charge in [0.1, 0.15) is 5.75 Å². The number of rotatable bonds is 5. The van der Waals surface area contributed by atoms with Crippen molar-refractivity contribution >= 4 is 11.6 Å². The summed E-state index contributed by atoms with van der Waals surface area (Å²) in [6, 6.07) is 8.09. The molecule has 5 nitrogen and oxygen atoms in total. The van der Waals surface area contributed by atoms with Gasteiger partial charge in [-0.3, -0.25) is 9.69 Å². The van der Waals surface area contributed by atoms with E-state index in [1.165, 1.54) is 5.69 Å². The van der Waals surface area contributed by atoms with Crippen molar-refractivity contribution in [3.8, 4) is 5.75 Å². The molecule has 0 saturated carbocycles. The van der Waals surface area contributed by atoms with E-state index in [9.17, 15) is 4.79 Å². The van der Waals surface area contributed by atoms with Crippen LogP contribution in [0.5, 0.6) is 5.75 Å². The average molecular weight is 291 g/mol. The van der Waals surface area contributed by atoms with Gasteiger partial charge >= 0.3 is 0 Å². The Morgan fingerprint density at radius 1 is 1.24 bits per heavy atom. The lowest BCUT2D eigenvalue weighted by Gasteiger charge is -2.38. The number of hydrogen-bond acceptors (Lipinski definition) is 4. The number of carbonyl (C=O) groups excluding carboxylic acids is 1. The number of ether oxygens (including phenoxy) is 1. The van der Waals surface area contributed by atoms with E-state index in [0.717, 1.165) is 31.9 Å². The van der Waals surface area contributed by atoms with Gasteiger partial charge in [-0.15, -0.1) is 0 Å². The Kier molecular flexibility index (Phi) is 5.44. The highest BCUT2D eigenvalue weighted by Gasteiger charge is 2.25. The molecule has 0 spiro atoms. The molecule has 1 aromatic carbocycles. The first kappa shape index (κ1) is 15.6. The number of amides is 1. The number of hydrogen-bond donors (Lipinski definition) is 1. The zero-order valence-corrected chi connectivity index (χ0v) is 13.1. The summed E-state index contributed by atoms with van der Waals surface area (Å²) < 4.78 is 5.18. The lowest BCUT2D eigenvalue weighted by molar-refractivity contribution is -0.125. The van der Waals surface area contributed by atoms with Crippen LogP contribution in [0.2, 0.25) is 0 Å². The first-order valence-corrected chi connectivity index (χ1v) is 7.56. The number of anilines is 1. The summed E-state index contributed by atoms with van der Waals surface area (Å²) in [5.41, 5.74) is 1.21. The fourth-order valence-corrected chi connectivity index (χ4v) is 2.65.